The van der Waals surface area contributed by atoms with E-state index in [0.29, 0.717) is 13.0 Å². The molecule has 0 unspecified atom stereocenters. The summed E-state index contributed by atoms with van der Waals surface area (Å²) in [6, 6.07) is 3.06. The Labute approximate surface area is 128 Å². The van der Waals surface area contributed by atoms with E-state index in [2.05, 4.69) is 15.4 Å². The highest BCUT2D eigenvalue weighted by atomic mass is 32.1. The molecule has 0 fully saturated rings. The van der Waals surface area contributed by atoms with Crippen molar-refractivity contribution in [2.45, 2.75) is 13.3 Å². The Hall–Kier alpha value is -2.35. The molecule has 0 saturated heterocycles. The van der Waals surface area contributed by atoms with Crippen LogP contribution < -0.4 is 5.32 Å². The molecule has 114 valence electrons. The number of hydrogen-bond acceptors (Lipinski definition) is 4. The molecular weight excluding hydrogens is 310 g/mol. The zero-order valence-corrected chi connectivity index (χ0v) is 12.5. The second-order valence-electron chi connectivity index (χ2n) is 4.74. The zero-order valence-electron chi connectivity index (χ0n) is 11.6. The van der Waals surface area contributed by atoms with Crippen LogP contribution in [0.25, 0.3) is 4.96 Å². The highest BCUT2D eigenvalue weighted by Crippen LogP contribution is 2.14. The van der Waals surface area contributed by atoms with Gasteiger partial charge in [0.05, 0.1) is 11.9 Å². The van der Waals surface area contributed by atoms with Gasteiger partial charge in [-0.05, 0) is 25.1 Å². The zero-order chi connectivity index (χ0) is 15.7. The molecule has 8 heteroatoms. The highest BCUT2D eigenvalue weighted by Gasteiger charge is 2.10. The van der Waals surface area contributed by atoms with Crippen molar-refractivity contribution < 1.29 is 13.6 Å². The van der Waals surface area contributed by atoms with E-state index < -0.39 is 17.5 Å². The van der Waals surface area contributed by atoms with Crippen molar-refractivity contribution >= 4 is 22.2 Å². The minimum Gasteiger partial charge on any atom is -0.352 e. The third-order valence-electron chi connectivity index (χ3n) is 3.01. The van der Waals surface area contributed by atoms with Crippen molar-refractivity contribution in [3.05, 3.63) is 52.3 Å². The molecule has 2 aromatic heterocycles. The first-order valence-corrected chi connectivity index (χ1v) is 7.39. The van der Waals surface area contributed by atoms with Gasteiger partial charge in [-0.15, -0.1) is 0 Å². The average Bonchev–Trinajstić information content (AvgIpc) is 2.98. The fourth-order valence-electron chi connectivity index (χ4n) is 1.97. The maximum Gasteiger partial charge on any atom is 0.251 e. The number of carbonyl (C=O) groups excluding carboxylic acids is 1. The van der Waals surface area contributed by atoms with E-state index in [-0.39, 0.29) is 5.56 Å². The molecule has 0 bridgehead atoms. The van der Waals surface area contributed by atoms with E-state index in [4.69, 9.17) is 0 Å². The quantitative estimate of drug-likeness (QED) is 0.802. The topological polar surface area (TPSA) is 59.3 Å². The van der Waals surface area contributed by atoms with Crippen molar-refractivity contribution in [1.82, 2.24) is 19.9 Å². The molecule has 0 aliphatic heterocycles. The number of aryl methyl sites for hydroxylation is 1. The normalized spacial score (nSPS) is 11.0. The standard InChI is InChI=1S/C14H12F2N4OS/c1-8-7-20-14(18-8)22-12(19-20)4-5-17-13(21)9-2-3-10(15)11(16)6-9/h2-3,6-7H,4-5H2,1H3,(H,17,21). The molecule has 1 amide bonds. The van der Waals surface area contributed by atoms with Crippen LogP contribution in [-0.4, -0.2) is 27.0 Å². The highest BCUT2D eigenvalue weighted by molar-refractivity contribution is 7.16. The third kappa shape index (κ3) is 2.96. The summed E-state index contributed by atoms with van der Waals surface area (Å²) in [4.78, 5) is 16.9. The Kier molecular flexibility index (Phi) is 3.84. The Morgan fingerprint density at radius 3 is 2.91 bits per heavy atom. The minimum atomic E-state index is -1.04. The van der Waals surface area contributed by atoms with Gasteiger partial charge in [0.25, 0.3) is 5.91 Å². The number of benzene rings is 1. The van der Waals surface area contributed by atoms with Gasteiger partial charge in [0.15, 0.2) is 11.6 Å². The first-order valence-electron chi connectivity index (χ1n) is 6.58. The van der Waals surface area contributed by atoms with Gasteiger partial charge in [-0.3, -0.25) is 4.79 Å². The molecule has 0 aliphatic carbocycles. The largest absolute Gasteiger partial charge is 0.352 e. The lowest BCUT2D eigenvalue weighted by Gasteiger charge is -2.04. The van der Waals surface area contributed by atoms with Crippen LogP contribution in [0.15, 0.2) is 24.4 Å². The molecule has 0 aliphatic rings. The lowest BCUT2D eigenvalue weighted by molar-refractivity contribution is 0.0953. The van der Waals surface area contributed by atoms with Gasteiger partial charge in [-0.25, -0.2) is 18.3 Å². The first-order chi connectivity index (χ1) is 10.5. The lowest BCUT2D eigenvalue weighted by Crippen LogP contribution is -2.25. The fraction of sp³-hybridized carbons (Fsp3) is 0.214. The van der Waals surface area contributed by atoms with Crippen LogP contribution in [0.4, 0.5) is 8.78 Å². The van der Waals surface area contributed by atoms with Gasteiger partial charge in [-0.1, -0.05) is 11.3 Å². The van der Waals surface area contributed by atoms with Crippen LogP contribution in [0.3, 0.4) is 0 Å². The number of imidazole rings is 1. The van der Waals surface area contributed by atoms with Crippen molar-refractivity contribution in [2.75, 3.05) is 6.54 Å². The Morgan fingerprint density at radius 2 is 2.18 bits per heavy atom. The van der Waals surface area contributed by atoms with Crippen LogP contribution in [0.1, 0.15) is 21.1 Å². The van der Waals surface area contributed by atoms with E-state index in [0.717, 1.165) is 27.8 Å². The van der Waals surface area contributed by atoms with Crippen molar-refractivity contribution in [3.8, 4) is 0 Å². The Morgan fingerprint density at radius 1 is 1.36 bits per heavy atom. The van der Waals surface area contributed by atoms with Crippen molar-refractivity contribution in [2.24, 2.45) is 0 Å². The predicted molar refractivity (Wildman–Crippen MR) is 78.0 cm³/mol. The van der Waals surface area contributed by atoms with Gasteiger partial charge in [0.1, 0.15) is 5.01 Å². The molecule has 3 rings (SSSR count). The van der Waals surface area contributed by atoms with E-state index >= 15 is 0 Å². The Bertz CT molecular complexity index is 811. The van der Waals surface area contributed by atoms with Crippen LogP contribution >= 0.6 is 11.3 Å². The molecule has 3 aromatic rings. The number of fused-ring (bicyclic) bond motifs is 1. The van der Waals surface area contributed by atoms with Crippen LogP contribution in [-0.2, 0) is 6.42 Å². The number of amides is 1. The van der Waals surface area contributed by atoms with Gasteiger partial charge < -0.3 is 5.32 Å². The van der Waals surface area contributed by atoms with Crippen LogP contribution in [0.5, 0.6) is 0 Å². The molecule has 0 spiro atoms. The molecule has 2 heterocycles. The molecule has 22 heavy (non-hydrogen) atoms. The smallest absolute Gasteiger partial charge is 0.251 e. The number of hydrogen-bond donors (Lipinski definition) is 1. The molecular formula is C14H12F2N4OS. The average molecular weight is 322 g/mol. The summed E-state index contributed by atoms with van der Waals surface area (Å²) in [5.41, 5.74) is 0.986. The molecule has 1 aromatic carbocycles. The minimum absolute atomic E-state index is 0.0865. The summed E-state index contributed by atoms with van der Waals surface area (Å²) in [6.45, 7) is 2.25. The molecule has 0 atom stereocenters. The summed E-state index contributed by atoms with van der Waals surface area (Å²) in [6.07, 6.45) is 2.37. The van der Waals surface area contributed by atoms with Crippen molar-refractivity contribution in [3.63, 3.8) is 0 Å². The number of carbonyl (C=O) groups is 1. The second-order valence-corrected chi connectivity index (χ2v) is 5.78. The first kappa shape index (κ1) is 14.6. The van der Waals surface area contributed by atoms with E-state index in [1.54, 1.807) is 4.52 Å². The van der Waals surface area contributed by atoms with E-state index in [9.17, 15) is 13.6 Å². The summed E-state index contributed by atoms with van der Waals surface area (Å²) in [5, 5.41) is 7.83. The number of halogens is 2. The molecule has 0 radical (unpaired) electrons. The summed E-state index contributed by atoms with van der Waals surface area (Å²) < 4.78 is 27.6. The van der Waals surface area contributed by atoms with Gasteiger partial charge >= 0.3 is 0 Å². The number of nitrogens with zero attached hydrogens (tertiary/aromatic N) is 3. The maximum atomic E-state index is 13.1. The molecule has 5 nitrogen and oxygen atoms in total. The lowest BCUT2D eigenvalue weighted by atomic mass is 10.2. The second kappa shape index (κ2) is 5.80. The maximum absolute atomic E-state index is 13.1. The van der Waals surface area contributed by atoms with Gasteiger partial charge in [0.2, 0.25) is 4.96 Å². The number of nitrogens with one attached hydrogen (secondary N) is 1. The van der Waals surface area contributed by atoms with Crippen LogP contribution in [0.2, 0.25) is 0 Å². The van der Waals surface area contributed by atoms with E-state index in [1.165, 1.54) is 17.4 Å². The summed E-state index contributed by atoms with van der Waals surface area (Å²) >= 11 is 1.45. The monoisotopic (exact) mass is 322 g/mol. The van der Waals surface area contributed by atoms with Crippen LogP contribution in [0, 0.1) is 18.6 Å². The summed E-state index contributed by atoms with van der Waals surface area (Å²) in [7, 11) is 0. The fourth-order valence-corrected chi connectivity index (χ4v) is 2.89. The molecule has 1 N–H and O–H groups in total. The van der Waals surface area contributed by atoms with E-state index in [1.807, 2.05) is 13.1 Å². The van der Waals surface area contributed by atoms with Gasteiger partial charge in [0, 0.05) is 18.5 Å². The van der Waals surface area contributed by atoms with Crippen molar-refractivity contribution in [1.29, 1.82) is 0 Å². The Balaban J connectivity index is 1.58. The third-order valence-corrected chi connectivity index (χ3v) is 3.99. The number of rotatable bonds is 4. The van der Waals surface area contributed by atoms with Gasteiger partial charge in [-0.2, -0.15) is 5.10 Å². The predicted octanol–water partition coefficient (Wildman–Crippen LogP) is 2.35. The summed E-state index contributed by atoms with van der Waals surface area (Å²) in [5.74, 6) is -2.46. The number of aromatic nitrogens is 3. The molecule has 0 saturated carbocycles. The SMILES string of the molecule is Cc1cn2nc(CCNC(=O)c3ccc(F)c(F)c3)sc2n1.